The summed E-state index contributed by atoms with van der Waals surface area (Å²) in [6.07, 6.45) is 1.49. The number of benzene rings is 2. The van der Waals surface area contributed by atoms with Crippen LogP contribution in [0.4, 0.5) is 0 Å². The third-order valence-electron chi connectivity index (χ3n) is 4.19. The zero-order valence-corrected chi connectivity index (χ0v) is 19.5. The van der Waals surface area contributed by atoms with Crippen LogP contribution in [-0.4, -0.2) is 51.0 Å². The Kier molecular flexibility index (Phi) is 10.5. The van der Waals surface area contributed by atoms with Gasteiger partial charge in [-0.05, 0) is 52.0 Å². The molecule has 0 atom stereocenters. The number of hydrogen-bond acceptors (Lipinski definition) is 7. The smallest absolute Gasteiger partial charge is 0.259 e. The Hall–Kier alpha value is -3.75. The lowest BCUT2D eigenvalue weighted by atomic mass is 10.1. The predicted octanol–water partition coefficient (Wildman–Crippen LogP) is 3.16. The van der Waals surface area contributed by atoms with Crippen LogP contribution in [0.1, 0.15) is 43.6 Å². The highest BCUT2D eigenvalue weighted by molar-refractivity contribution is 5.97. The molecular weight excluding hydrogens is 426 g/mol. The van der Waals surface area contributed by atoms with Crippen LogP contribution < -0.4 is 29.7 Å². The molecule has 2 aromatic rings. The van der Waals surface area contributed by atoms with Crippen molar-refractivity contribution in [2.45, 2.75) is 27.7 Å². The van der Waals surface area contributed by atoms with E-state index >= 15 is 0 Å². The highest BCUT2D eigenvalue weighted by atomic mass is 16.5. The molecule has 0 aliphatic carbocycles. The van der Waals surface area contributed by atoms with Gasteiger partial charge in [0.2, 0.25) is 5.75 Å². The van der Waals surface area contributed by atoms with Crippen LogP contribution in [0, 0.1) is 0 Å². The van der Waals surface area contributed by atoms with Gasteiger partial charge < -0.3 is 24.3 Å². The van der Waals surface area contributed by atoms with Crippen molar-refractivity contribution >= 4 is 18.0 Å². The van der Waals surface area contributed by atoms with E-state index in [2.05, 4.69) is 15.8 Å². The summed E-state index contributed by atoms with van der Waals surface area (Å²) in [5.74, 6) is 0.972. The van der Waals surface area contributed by atoms with E-state index in [0.29, 0.717) is 49.4 Å². The van der Waals surface area contributed by atoms with E-state index in [4.69, 9.17) is 18.9 Å². The largest absolute Gasteiger partial charge is 0.493 e. The summed E-state index contributed by atoms with van der Waals surface area (Å²) in [6.45, 7) is 8.87. The van der Waals surface area contributed by atoms with Crippen molar-refractivity contribution in [1.29, 1.82) is 0 Å². The average molecular weight is 458 g/mol. The van der Waals surface area contributed by atoms with Crippen molar-refractivity contribution in [2.24, 2.45) is 5.10 Å². The molecule has 0 aromatic heterocycles. The average Bonchev–Trinajstić information content (AvgIpc) is 2.81. The van der Waals surface area contributed by atoms with E-state index in [1.807, 2.05) is 52.0 Å². The van der Waals surface area contributed by atoms with Crippen LogP contribution in [-0.2, 0) is 4.79 Å². The lowest BCUT2D eigenvalue weighted by Crippen LogP contribution is -2.35. The molecule has 0 heterocycles. The summed E-state index contributed by atoms with van der Waals surface area (Å²) in [6, 6.07) is 10.5. The highest BCUT2D eigenvalue weighted by Crippen LogP contribution is 2.39. The molecule has 9 nitrogen and oxygen atoms in total. The fourth-order valence-corrected chi connectivity index (χ4v) is 2.87. The molecule has 0 aliphatic rings. The minimum absolute atomic E-state index is 0.259. The summed E-state index contributed by atoms with van der Waals surface area (Å²) in [4.78, 5) is 24.8. The van der Waals surface area contributed by atoms with Crippen LogP contribution in [0.2, 0.25) is 0 Å². The van der Waals surface area contributed by atoms with Gasteiger partial charge in [0, 0.05) is 11.1 Å². The number of nitrogens with zero attached hydrogens (tertiary/aromatic N) is 1. The number of hydrazone groups is 1. The van der Waals surface area contributed by atoms with Gasteiger partial charge in [-0.1, -0.05) is 12.1 Å². The van der Waals surface area contributed by atoms with Gasteiger partial charge in [0.1, 0.15) is 5.75 Å². The lowest BCUT2D eigenvalue weighted by Gasteiger charge is -2.17. The number of carbonyl (C=O) groups excluding carboxylic acids is 2. The van der Waals surface area contributed by atoms with E-state index < -0.39 is 11.8 Å². The van der Waals surface area contributed by atoms with E-state index in [1.54, 1.807) is 12.1 Å². The molecule has 0 bridgehead atoms. The second-order valence-electron chi connectivity index (χ2n) is 6.55. The molecule has 2 N–H and O–H groups in total. The molecule has 0 fully saturated rings. The maximum Gasteiger partial charge on any atom is 0.259 e. The predicted molar refractivity (Wildman–Crippen MR) is 126 cm³/mol. The Morgan fingerprint density at radius 2 is 1.42 bits per heavy atom. The van der Waals surface area contributed by atoms with Gasteiger partial charge in [-0.2, -0.15) is 5.10 Å². The van der Waals surface area contributed by atoms with Crippen LogP contribution in [0.25, 0.3) is 0 Å². The summed E-state index contributed by atoms with van der Waals surface area (Å²) in [5, 5.41) is 6.50. The van der Waals surface area contributed by atoms with E-state index in [9.17, 15) is 9.59 Å². The molecule has 0 radical (unpaired) electrons. The van der Waals surface area contributed by atoms with Gasteiger partial charge in [-0.3, -0.25) is 9.59 Å². The van der Waals surface area contributed by atoms with Crippen molar-refractivity contribution in [3.63, 3.8) is 0 Å². The first-order chi connectivity index (χ1) is 16.0. The normalized spacial score (nSPS) is 10.5. The Morgan fingerprint density at radius 1 is 0.848 bits per heavy atom. The number of rotatable bonds is 13. The molecule has 0 spiro atoms. The van der Waals surface area contributed by atoms with E-state index in [0.717, 1.165) is 5.56 Å². The van der Waals surface area contributed by atoms with E-state index in [1.165, 1.54) is 6.21 Å². The third kappa shape index (κ3) is 7.71. The van der Waals surface area contributed by atoms with Crippen molar-refractivity contribution in [2.75, 3.05) is 33.0 Å². The Balaban J connectivity index is 2.02. The zero-order chi connectivity index (χ0) is 24.1. The summed E-state index contributed by atoms with van der Waals surface area (Å²) >= 11 is 0. The Morgan fingerprint density at radius 3 is 2.03 bits per heavy atom. The van der Waals surface area contributed by atoms with Gasteiger partial charge in [0.25, 0.3) is 11.8 Å². The minimum atomic E-state index is -0.477. The summed E-state index contributed by atoms with van der Waals surface area (Å²) in [5.41, 5.74) is 3.40. The van der Waals surface area contributed by atoms with Crippen LogP contribution >= 0.6 is 0 Å². The fraction of sp³-hybridized carbons (Fsp3) is 0.375. The number of amides is 2. The minimum Gasteiger partial charge on any atom is -0.493 e. The Labute approximate surface area is 194 Å². The van der Waals surface area contributed by atoms with Crippen LogP contribution in [0.5, 0.6) is 23.0 Å². The topological polar surface area (TPSA) is 107 Å². The third-order valence-corrected chi connectivity index (χ3v) is 4.19. The molecule has 0 unspecified atom stereocenters. The molecule has 2 amide bonds. The number of ether oxygens (including phenoxy) is 4. The SMILES string of the molecule is CCOc1ccccc1/C=N\NC(=O)CNC(=O)c1cc(OCC)c(OCC)c(OCC)c1. The maximum atomic E-state index is 12.6. The van der Waals surface area contributed by atoms with Gasteiger partial charge in [-0.15, -0.1) is 0 Å². The molecule has 0 saturated carbocycles. The number of hydrogen-bond donors (Lipinski definition) is 2. The molecule has 9 heteroatoms. The molecule has 0 saturated heterocycles. The highest BCUT2D eigenvalue weighted by Gasteiger charge is 2.18. The summed E-state index contributed by atoms with van der Waals surface area (Å²) < 4.78 is 22.4. The lowest BCUT2D eigenvalue weighted by molar-refractivity contribution is -0.120. The quantitative estimate of drug-likeness (QED) is 0.353. The van der Waals surface area contributed by atoms with E-state index in [-0.39, 0.29) is 12.1 Å². The van der Waals surface area contributed by atoms with Crippen molar-refractivity contribution in [1.82, 2.24) is 10.7 Å². The van der Waals surface area contributed by atoms with Crippen LogP contribution in [0.15, 0.2) is 41.5 Å². The second kappa shape index (κ2) is 13.6. The summed E-state index contributed by atoms with van der Waals surface area (Å²) in [7, 11) is 0. The molecule has 33 heavy (non-hydrogen) atoms. The van der Waals surface area contributed by atoms with Crippen LogP contribution in [0.3, 0.4) is 0 Å². The van der Waals surface area contributed by atoms with Gasteiger partial charge >= 0.3 is 0 Å². The number of carbonyl (C=O) groups is 2. The molecule has 178 valence electrons. The van der Waals surface area contributed by atoms with Gasteiger partial charge in [-0.25, -0.2) is 5.43 Å². The fourth-order valence-electron chi connectivity index (χ4n) is 2.87. The zero-order valence-electron chi connectivity index (χ0n) is 19.5. The van der Waals surface area contributed by atoms with Gasteiger partial charge in [0.05, 0.1) is 39.2 Å². The molecular formula is C24H31N3O6. The first-order valence-corrected chi connectivity index (χ1v) is 10.9. The van der Waals surface area contributed by atoms with Crippen molar-refractivity contribution in [3.05, 3.63) is 47.5 Å². The standard InChI is InChI=1S/C24H31N3O6/c1-5-30-19-12-10-9-11-17(19)15-26-27-22(28)16-25-24(29)18-13-20(31-6-2)23(33-8-4)21(14-18)32-7-3/h9-15H,5-8,16H2,1-4H3,(H,25,29)(H,27,28)/b26-15-. The maximum absolute atomic E-state index is 12.6. The van der Waals surface area contributed by atoms with Crippen molar-refractivity contribution in [3.8, 4) is 23.0 Å². The molecule has 2 rings (SSSR count). The van der Waals surface area contributed by atoms with Gasteiger partial charge in [0.15, 0.2) is 11.5 Å². The molecule has 0 aliphatic heterocycles. The first kappa shape index (κ1) is 25.5. The number of para-hydroxylation sites is 1. The second-order valence-corrected chi connectivity index (χ2v) is 6.55. The number of nitrogens with one attached hydrogen (secondary N) is 2. The first-order valence-electron chi connectivity index (χ1n) is 10.9. The Bertz CT molecular complexity index is 934. The molecule has 2 aromatic carbocycles. The van der Waals surface area contributed by atoms with Crippen molar-refractivity contribution < 1.29 is 28.5 Å². The monoisotopic (exact) mass is 457 g/mol.